The fourth-order valence-corrected chi connectivity index (χ4v) is 2.87. The number of rotatable bonds is 5. The first-order chi connectivity index (χ1) is 10.0. The van der Waals surface area contributed by atoms with E-state index in [1.807, 2.05) is 56.3 Å². The van der Waals surface area contributed by atoms with Crippen molar-refractivity contribution >= 4 is 11.6 Å². The van der Waals surface area contributed by atoms with E-state index in [4.69, 9.17) is 17.3 Å². The van der Waals surface area contributed by atoms with Gasteiger partial charge in [-0.25, -0.2) is 0 Å². The van der Waals surface area contributed by atoms with Crippen molar-refractivity contribution in [3.8, 4) is 0 Å². The van der Waals surface area contributed by atoms with E-state index >= 15 is 0 Å². The Morgan fingerprint density at radius 3 is 2.19 bits per heavy atom. The van der Waals surface area contributed by atoms with E-state index in [0.717, 1.165) is 21.7 Å². The van der Waals surface area contributed by atoms with Gasteiger partial charge in [0.2, 0.25) is 0 Å². The highest BCUT2D eigenvalue weighted by atomic mass is 35.5. The van der Waals surface area contributed by atoms with Crippen molar-refractivity contribution < 1.29 is 5.11 Å². The van der Waals surface area contributed by atoms with Gasteiger partial charge < -0.3 is 10.8 Å². The number of benzene rings is 2. The van der Waals surface area contributed by atoms with Crippen LogP contribution in [-0.4, -0.2) is 18.3 Å². The van der Waals surface area contributed by atoms with E-state index in [1.165, 1.54) is 5.56 Å². The van der Waals surface area contributed by atoms with Gasteiger partial charge in [0.05, 0.1) is 6.61 Å². The number of nitrogens with two attached hydrogens (primary N) is 1. The van der Waals surface area contributed by atoms with Crippen LogP contribution in [0.2, 0.25) is 5.02 Å². The number of aliphatic hydroxyl groups is 1. The third kappa shape index (κ3) is 3.46. The molecule has 0 aliphatic rings. The van der Waals surface area contributed by atoms with E-state index in [2.05, 4.69) is 0 Å². The number of aryl methyl sites for hydroxylation is 2. The molecule has 112 valence electrons. The SMILES string of the molecule is Cc1ccc(C(CN)(CO)Cc2ccc(C)cc2Cl)cc1. The monoisotopic (exact) mass is 303 g/mol. The van der Waals surface area contributed by atoms with Gasteiger partial charge in [-0.2, -0.15) is 0 Å². The van der Waals surface area contributed by atoms with Crippen molar-refractivity contribution in [3.05, 3.63) is 69.7 Å². The molecule has 2 aromatic carbocycles. The summed E-state index contributed by atoms with van der Waals surface area (Å²) in [5.74, 6) is 0. The fourth-order valence-electron chi connectivity index (χ4n) is 2.57. The average molecular weight is 304 g/mol. The molecule has 0 fully saturated rings. The summed E-state index contributed by atoms with van der Waals surface area (Å²) in [6.07, 6.45) is 0.627. The Balaban J connectivity index is 2.40. The molecule has 0 aromatic heterocycles. The molecule has 1 atom stereocenters. The van der Waals surface area contributed by atoms with Crippen molar-refractivity contribution in [2.24, 2.45) is 5.73 Å². The first-order valence-electron chi connectivity index (χ1n) is 7.14. The second-order valence-electron chi connectivity index (χ2n) is 5.78. The molecule has 3 N–H and O–H groups in total. The van der Waals surface area contributed by atoms with E-state index in [0.29, 0.717) is 13.0 Å². The summed E-state index contributed by atoms with van der Waals surface area (Å²) in [6.45, 7) is 4.43. The first kappa shape index (κ1) is 16.0. The predicted molar refractivity (Wildman–Crippen MR) is 88.9 cm³/mol. The molecule has 21 heavy (non-hydrogen) atoms. The Kier molecular flexibility index (Phi) is 5.04. The van der Waals surface area contributed by atoms with Crippen molar-refractivity contribution in [2.45, 2.75) is 25.7 Å². The smallest absolute Gasteiger partial charge is 0.0543 e. The minimum Gasteiger partial charge on any atom is -0.395 e. The van der Waals surface area contributed by atoms with Crippen LogP contribution in [-0.2, 0) is 11.8 Å². The number of halogens is 1. The highest BCUT2D eigenvalue weighted by Crippen LogP contribution is 2.31. The van der Waals surface area contributed by atoms with Gasteiger partial charge in [0.1, 0.15) is 0 Å². The van der Waals surface area contributed by atoms with Crippen LogP contribution < -0.4 is 5.73 Å². The number of hydrogen-bond acceptors (Lipinski definition) is 2. The molecule has 0 heterocycles. The number of aliphatic hydroxyl groups excluding tert-OH is 1. The lowest BCUT2D eigenvalue weighted by atomic mass is 9.76. The zero-order valence-electron chi connectivity index (χ0n) is 12.6. The Bertz CT molecular complexity index is 603. The summed E-state index contributed by atoms with van der Waals surface area (Å²) in [7, 11) is 0. The molecule has 0 amide bonds. The van der Waals surface area contributed by atoms with Crippen molar-refractivity contribution in [2.75, 3.05) is 13.2 Å². The highest BCUT2D eigenvalue weighted by molar-refractivity contribution is 6.31. The van der Waals surface area contributed by atoms with Crippen LogP contribution in [0.25, 0.3) is 0 Å². The van der Waals surface area contributed by atoms with Crippen molar-refractivity contribution in [3.63, 3.8) is 0 Å². The van der Waals surface area contributed by atoms with Crippen molar-refractivity contribution in [1.82, 2.24) is 0 Å². The third-order valence-corrected chi connectivity index (χ3v) is 4.45. The van der Waals surface area contributed by atoms with E-state index < -0.39 is 5.41 Å². The maximum absolute atomic E-state index is 9.98. The third-order valence-electron chi connectivity index (χ3n) is 4.09. The van der Waals surface area contributed by atoms with Gasteiger partial charge in [0.25, 0.3) is 0 Å². The van der Waals surface area contributed by atoms with E-state index in [9.17, 15) is 5.11 Å². The van der Waals surface area contributed by atoms with Crippen LogP contribution in [0.5, 0.6) is 0 Å². The maximum atomic E-state index is 9.98. The minimum atomic E-state index is -0.493. The van der Waals surface area contributed by atoms with Crippen LogP contribution in [0.15, 0.2) is 42.5 Å². The quantitative estimate of drug-likeness (QED) is 0.889. The van der Waals surface area contributed by atoms with Gasteiger partial charge in [-0.3, -0.25) is 0 Å². The highest BCUT2D eigenvalue weighted by Gasteiger charge is 2.31. The van der Waals surface area contributed by atoms with Gasteiger partial charge >= 0.3 is 0 Å². The van der Waals surface area contributed by atoms with E-state index in [1.54, 1.807) is 0 Å². The Hall–Kier alpha value is -1.35. The fraction of sp³-hybridized carbons (Fsp3) is 0.333. The lowest BCUT2D eigenvalue weighted by Crippen LogP contribution is -2.41. The van der Waals surface area contributed by atoms with E-state index in [-0.39, 0.29) is 6.61 Å². The molecule has 1 unspecified atom stereocenters. The molecule has 0 bridgehead atoms. The molecular weight excluding hydrogens is 282 g/mol. The van der Waals surface area contributed by atoms with Gasteiger partial charge in [-0.15, -0.1) is 0 Å². The van der Waals surface area contributed by atoms with Crippen LogP contribution in [0.1, 0.15) is 22.3 Å². The lowest BCUT2D eigenvalue weighted by Gasteiger charge is -2.32. The molecule has 2 aromatic rings. The Morgan fingerprint density at radius 1 is 1.05 bits per heavy atom. The van der Waals surface area contributed by atoms with Crippen molar-refractivity contribution in [1.29, 1.82) is 0 Å². The second kappa shape index (κ2) is 6.61. The molecular formula is C18H22ClNO. The summed E-state index contributed by atoms with van der Waals surface area (Å²) >= 11 is 6.34. The molecule has 3 heteroatoms. The molecule has 0 radical (unpaired) electrons. The molecule has 0 saturated heterocycles. The maximum Gasteiger partial charge on any atom is 0.0543 e. The lowest BCUT2D eigenvalue weighted by molar-refractivity contribution is 0.196. The standard InChI is InChI=1S/C18H22ClNO/c1-13-4-7-16(8-5-13)18(11-20,12-21)10-15-6-3-14(2)9-17(15)19/h3-9,21H,10-12,20H2,1-2H3. The summed E-state index contributed by atoms with van der Waals surface area (Å²) < 4.78 is 0. The van der Waals surface area contributed by atoms with Gasteiger partial charge in [0.15, 0.2) is 0 Å². The van der Waals surface area contributed by atoms with Crippen LogP contribution in [0, 0.1) is 13.8 Å². The van der Waals surface area contributed by atoms with Gasteiger partial charge in [0, 0.05) is 17.0 Å². The summed E-state index contributed by atoms with van der Waals surface area (Å²) in [5.41, 5.74) is 9.90. The van der Waals surface area contributed by atoms with Crippen LogP contribution in [0.3, 0.4) is 0 Å². The molecule has 0 aliphatic carbocycles. The van der Waals surface area contributed by atoms with Crippen LogP contribution >= 0.6 is 11.6 Å². The zero-order chi connectivity index (χ0) is 15.5. The molecule has 0 saturated carbocycles. The topological polar surface area (TPSA) is 46.2 Å². The Morgan fingerprint density at radius 2 is 1.67 bits per heavy atom. The van der Waals surface area contributed by atoms with Gasteiger partial charge in [-0.1, -0.05) is 53.6 Å². The number of hydrogen-bond donors (Lipinski definition) is 2. The van der Waals surface area contributed by atoms with Crippen LogP contribution in [0.4, 0.5) is 0 Å². The molecule has 0 spiro atoms. The molecule has 2 nitrogen and oxygen atoms in total. The Labute approximate surface area is 131 Å². The predicted octanol–water partition coefficient (Wildman–Crippen LogP) is 3.39. The zero-order valence-corrected chi connectivity index (χ0v) is 13.3. The first-order valence-corrected chi connectivity index (χ1v) is 7.52. The largest absolute Gasteiger partial charge is 0.395 e. The summed E-state index contributed by atoms with van der Waals surface area (Å²) in [4.78, 5) is 0. The molecule has 2 rings (SSSR count). The summed E-state index contributed by atoms with van der Waals surface area (Å²) in [6, 6.07) is 14.2. The summed E-state index contributed by atoms with van der Waals surface area (Å²) in [5, 5.41) is 10.7. The second-order valence-corrected chi connectivity index (χ2v) is 6.19. The van der Waals surface area contributed by atoms with Gasteiger partial charge in [-0.05, 0) is 43.0 Å². The minimum absolute atomic E-state index is 0.00321. The molecule has 0 aliphatic heterocycles. The normalized spacial score (nSPS) is 14.0. The average Bonchev–Trinajstić information content (AvgIpc) is 2.48.